The molecule has 1 aromatic heterocycles. The average molecular weight is 305 g/mol. The summed E-state index contributed by atoms with van der Waals surface area (Å²) in [5.41, 5.74) is 2.38. The van der Waals surface area contributed by atoms with Crippen molar-refractivity contribution in [2.24, 2.45) is 0 Å². The van der Waals surface area contributed by atoms with Crippen LogP contribution in [0.3, 0.4) is 0 Å². The summed E-state index contributed by atoms with van der Waals surface area (Å²) in [5, 5.41) is 3.10. The van der Waals surface area contributed by atoms with E-state index in [1.807, 2.05) is 32.0 Å². The normalized spacial score (nSPS) is 11.8. The third-order valence-corrected chi connectivity index (χ3v) is 3.50. The van der Waals surface area contributed by atoms with E-state index < -0.39 is 0 Å². The van der Waals surface area contributed by atoms with Crippen LogP contribution in [0, 0.1) is 6.92 Å². The van der Waals surface area contributed by atoms with Gasteiger partial charge in [0.15, 0.2) is 0 Å². The van der Waals surface area contributed by atoms with Crippen molar-refractivity contribution in [2.45, 2.75) is 19.9 Å². The average Bonchev–Trinajstić information content (AvgIpc) is 2.47. The molecule has 1 unspecified atom stereocenters. The predicted molar refractivity (Wildman–Crippen MR) is 82.9 cm³/mol. The van der Waals surface area contributed by atoms with Crippen LogP contribution in [0.15, 0.2) is 36.5 Å². The Balaban J connectivity index is 2.22. The Morgan fingerprint density at radius 2 is 2.14 bits per heavy atom. The molecule has 2 aromatic rings. The summed E-state index contributed by atoms with van der Waals surface area (Å²) < 4.78 is 5.34. The maximum absolute atomic E-state index is 12.3. The first kappa shape index (κ1) is 15.3. The highest BCUT2D eigenvalue weighted by molar-refractivity contribution is 6.32. The standard InChI is InChI=1S/C16H17ClN2O2/c1-10-6-7-14(21-3)13(9-10)11(2)19-16(20)12-5-4-8-18-15(12)17/h4-9,11H,1-3H3,(H,19,20). The fourth-order valence-electron chi connectivity index (χ4n) is 2.10. The number of ether oxygens (including phenoxy) is 1. The number of hydrogen-bond acceptors (Lipinski definition) is 3. The van der Waals surface area contributed by atoms with Gasteiger partial charge in [-0.3, -0.25) is 4.79 Å². The fourth-order valence-corrected chi connectivity index (χ4v) is 2.30. The fraction of sp³-hybridized carbons (Fsp3) is 0.250. The Labute approximate surface area is 129 Å². The Hall–Kier alpha value is -2.07. The SMILES string of the molecule is COc1ccc(C)cc1C(C)NC(=O)c1cccnc1Cl. The van der Waals surface area contributed by atoms with Crippen molar-refractivity contribution in [2.75, 3.05) is 7.11 Å². The molecule has 5 heteroatoms. The van der Waals surface area contributed by atoms with Crippen molar-refractivity contribution >= 4 is 17.5 Å². The van der Waals surface area contributed by atoms with Gasteiger partial charge in [-0.05, 0) is 32.0 Å². The van der Waals surface area contributed by atoms with Gasteiger partial charge in [-0.2, -0.15) is 0 Å². The highest BCUT2D eigenvalue weighted by atomic mass is 35.5. The van der Waals surface area contributed by atoms with Crippen molar-refractivity contribution < 1.29 is 9.53 Å². The molecule has 2 rings (SSSR count). The van der Waals surface area contributed by atoms with Crippen LogP contribution in [0.5, 0.6) is 5.75 Å². The molecular formula is C16H17ClN2O2. The topological polar surface area (TPSA) is 51.2 Å². The molecule has 0 aliphatic rings. The van der Waals surface area contributed by atoms with E-state index in [9.17, 15) is 4.79 Å². The van der Waals surface area contributed by atoms with Crippen LogP contribution in [-0.2, 0) is 0 Å². The van der Waals surface area contributed by atoms with Crippen molar-refractivity contribution in [3.05, 3.63) is 58.4 Å². The van der Waals surface area contributed by atoms with Crippen molar-refractivity contribution in [1.82, 2.24) is 10.3 Å². The van der Waals surface area contributed by atoms with E-state index in [1.165, 1.54) is 0 Å². The minimum atomic E-state index is -0.260. The van der Waals surface area contributed by atoms with E-state index >= 15 is 0 Å². The van der Waals surface area contributed by atoms with E-state index in [-0.39, 0.29) is 17.1 Å². The molecule has 1 amide bonds. The van der Waals surface area contributed by atoms with E-state index in [0.29, 0.717) is 5.56 Å². The first-order chi connectivity index (χ1) is 10.0. The predicted octanol–water partition coefficient (Wildman–Crippen LogP) is 3.54. The highest BCUT2D eigenvalue weighted by Gasteiger charge is 2.17. The van der Waals surface area contributed by atoms with Gasteiger partial charge >= 0.3 is 0 Å². The summed E-state index contributed by atoms with van der Waals surface area (Å²) >= 11 is 5.94. The lowest BCUT2D eigenvalue weighted by molar-refractivity contribution is 0.0939. The van der Waals surface area contributed by atoms with Gasteiger partial charge in [0.05, 0.1) is 18.7 Å². The van der Waals surface area contributed by atoms with E-state index in [2.05, 4.69) is 10.3 Å². The van der Waals surface area contributed by atoms with Gasteiger partial charge in [-0.25, -0.2) is 4.98 Å². The number of benzene rings is 1. The van der Waals surface area contributed by atoms with Crippen molar-refractivity contribution in [1.29, 1.82) is 0 Å². The first-order valence-electron chi connectivity index (χ1n) is 6.59. The molecule has 4 nitrogen and oxygen atoms in total. The molecule has 21 heavy (non-hydrogen) atoms. The zero-order chi connectivity index (χ0) is 15.4. The minimum absolute atomic E-state index is 0.193. The molecule has 1 N–H and O–H groups in total. The van der Waals surface area contributed by atoms with Gasteiger partial charge in [-0.1, -0.05) is 29.3 Å². The highest BCUT2D eigenvalue weighted by Crippen LogP contribution is 2.26. The number of hydrogen-bond donors (Lipinski definition) is 1. The minimum Gasteiger partial charge on any atom is -0.496 e. The van der Waals surface area contributed by atoms with E-state index in [0.717, 1.165) is 16.9 Å². The molecule has 0 spiro atoms. The van der Waals surface area contributed by atoms with Gasteiger partial charge in [-0.15, -0.1) is 0 Å². The van der Waals surface area contributed by atoms with Crippen LogP contribution >= 0.6 is 11.6 Å². The summed E-state index contributed by atoms with van der Waals surface area (Å²) in [6.45, 7) is 3.90. The smallest absolute Gasteiger partial charge is 0.254 e. The number of carbonyl (C=O) groups is 1. The molecular weight excluding hydrogens is 288 g/mol. The molecule has 0 saturated carbocycles. The Bertz CT molecular complexity index is 658. The van der Waals surface area contributed by atoms with Crippen LogP contribution in [0.2, 0.25) is 5.15 Å². The molecule has 0 bridgehead atoms. The summed E-state index contributed by atoms with van der Waals surface area (Å²) in [6, 6.07) is 8.97. The number of amides is 1. The van der Waals surface area contributed by atoms with Crippen LogP contribution in [0.25, 0.3) is 0 Å². The summed E-state index contributed by atoms with van der Waals surface area (Å²) in [4.78, 5) is 16.2. The molecule has 1 heterocycles. The van der Waals surface area contributed by atoms with Crippen LogP contribution in [0.4, 0.5) is 0 Å². The lowest BCUT2D eigenvalue weighted by Crippen LogP contribution is -2.27. The van der Waals surface area contributed by atoms with Gasteiger partial charge < -0.3 is 10.1 Å². The third kappa shape index (κ3) is 3.52. The Morgan fingerprint density at radius 1 is 1.38 bits per heavy atom. The number of halogens is 1. The first-order valence-corrected chi connectivity index (χ1v) is 6.96. The number of aryl methyl sites for hydroxylation is 1. The second-order valence-electron chi connectivity index (χ2n) is 4.78. The Kier molecular flexibility index (Phi) is 4.81. The van der Waals surface area contributed by atoms with Gasteiger partial charge in [0.25, 0.3) is 5.91 Å². The quantitative estimate of drug-likeness (QED) is 0.879. The molecule has 0 aliphatic heterocycles. The van der Waals surface area contributed by atoms with Crippen molar-refractivity contribution in [3.8, 4) is 5.75 Å². The Morgan fingerprint density at radius 3 is 2.81 bits per heavy atom. The van der Waals surface area contributed by atoms with Crippen LogP contribution in [0.1, 0.15) is 34.5 Å². The zero-order valence-electron chi connectivity index (χ0n) is 12.2. The summed E-state index contributed by atoms with van der Waals surface area (Å²) in [7, 11) is 1.61. The summed E-state index contributed by atoms with van der Waals surface area (Å²) in [5.74, 6) is 0.481. The number of rotatable bonds is 4. The second-order valence-corrected chi connectivity index (χ2v) is 5.14. The molecule has 0 saturated heterocycles. The summed E-state index contributed by atoms with van der Waals surface area (Å²) in [6.07, 6.45) is 1.55. The molecule has 0 radical (unpaired) electrons. The number of pyridine rings is 1. The lowest BCUT2D eigenvalue weighted by Gasteiger charge is -2.18. The molecule has 1 aromatic carbocycles. The maximum Gasteiger partial charge on any atom is 0.254 e. The number of methoxy groups -OCH3 is 1. The van der Waals surface area contributed by atoms with Gasteiger partial charge in [0.2, 0.25) is 0 Å². The number of nitrogens with zero attached hydrogens (tertiary/aromatic N) is 1. The molecule has 110 valence electrons. The van der Waals surface area contributed by atoms with E-state index in [1.54, 1.807) is 25.4 Å². The maximum atomic E-state index is 12.3. The molecule has 0 fully saturated rings. The lowest BCUT2D eigenvalue weighted by atomic mass is 10.0. The zero-order valence-corrected chi connectivity index (χ0v) is 12.9. The van der Waals surface area contributed by atoms with E-state index in [4.69, 9.17) is 16.3 Å². The van der Waals surface area contributed by atoms with Crippen molar-refractivity contribution in [3.63, 3.8) is 0 Å². The third-order valence-electron chi connectivity index (χ3n) is 3.20. The number of aromatic nitrogens is 1. The second kappa shape index (κ2) is 6.59. The monoisotopic (exact) mass is 304 g/mol. The molecule has 0 aliphatic carbocycles. The largest absolute Gasteiger partial charge is 0.496 e. The number of carbonyl (C=O) groups excluding carboxylic acids is 1. The van der Waals surface area contributed by atoms with Gasteiger partial charge in [0, 0.05) is 11.8 Å². The van der Waals surface area contributed by atoms with Gasteiger partial charge in [0.1, 0.15) is 10.9 Å². The van der Waals surface area contributed by atoms with Crippen LogP contribution < -0.4 is 10.1 Å². The number of nitrogens with one attached hydrogen (secondary N) is 1. The van der Waals surface area contributed by atoms with Crippen LogP contribution in [-0.4, -0.2) is 18.0 Å². The molecule has 1 atom stereocenters.